The molecule has 0 saturated heterocycles. The molecular weight excluding hydrogens is 347 g/mol. The second-order valence-corrected chi connectivity index (χ2v) is 7.14. The van der Waals surface area contributed by atoms with Gasteiger partial charge in [0.15, 0.2) is 0 Å². The van der Waals surface area contributed by atoms with Crippen LogP contribution in [0.5, 0.6) is 0 Å². The molecule has 0 unspecified atom stereocenters. The van der Waals surface area contributed by atoms with Crippen molar-refractivity contribution in [2.45, 2.75) is 39.3 Å². The molecule has 2 aromatic carbocycles. The first kappa shape index (κ1) is 20.4. The van der Waals surface area contributed by atoms with Crippen molar-refractivity contribution in [2.75, 3.05) is 6.54 Å². The maximum Gasteiger partial charge on any atom is 0.407 e. The molecular formula is C21H25FN2O3. The van der Waals surface area contributed by atoms with Crippen LogP contribution >= 0.6 is 0 Å². The second kappa shape index (κ2) is 9.16. The van der Waals surface area contributed by atoms with Gasteiger partial charge in [-0.1, -0.05) is 30.3 Å². The number of halogens is 1. The highest BCUT2D eigenvalue weighted by Crippen LogP contribution is 2.11. The summed E-state index contributed by atoms with van der Waals surface area (Å²) in [7, 11) is 0. The van der Waals surface area contributed by atoms with Crippen LogP contribution in [0.3, 0.4) is 0 Å². The Morgan fingerprint density at radius 2 is 1.67 bits per heavy atom. The van der Waals surface area contributed by atoms with Gasteiger partial charge >= 0.3 is 6.09 Å². The quantitative estimate of drug-likeness (QED) is 0.810. The minimum atomic E-state index is -0.582. The fourth-order valence-corrected chi connectivity index (χ4v) is 2.44. The lowest BCUT2D eigenvalue weighted by Crippen LogP contribution is -2.33. The summed E-state index contributed by atoms with van der Waals surface area (Å²) in [5.74, 6) is -0.507. The van der Waals surface area contributed by atoms with Gasteiger partial charge in [0.1, 0.15) is 11.4 Å². The van der Waals surface area contributed by atoms with E-state index < -0.39 is 11.7 Å². The summed E-state index contributed by atoms with van der Waals surface area (Å²) in [6.45, 7) is 5.98. The first-order chi connectivity index (χ1) is 12.7. The van der Waals surface area contributed by atoms with Crippen molar-refractivity contribution in [1.29, 1.82) is 0 Å². The summed E-state index contributed by atoms with van der Waals surface area (Å²) < 4.78 is 18.1. The molecule has 2 rings (SSSR count). The molecule has 0 fully saturated rings. The monoisotopic (exact) mass is 372 g/mol. The van der Waals surface area contributed by atoms with Crippen LogP contribution in [0.25, 0.3) is 0 Å². The zero-order valence-corrected chi connectivity index (χ0v) is 15.8. The number of alkyl carbamates (subject to hydrolysis) is 1. The van der Waals surface area contributed by atoms with Crippen LogP contribution in [0, 0.1) is 5.82 Å². The lowest BCUT2D eigenvalue weighted by molar-refractivity contribution is 0.0522. The number of hydrogen-bond acceptors (Lipinski definition) is 3. The number of rotatable bonds is 6. The highest BCUT2D eigenvalue weighted by Gasteiger charge is 2.17. The Hall–Kier alpha value is -2.89. The van der Waals surface area contributed by atoms with Gasteiger partial charge in [0.05, 0.1) is 0 Å². The van der Waals surface area contributed by atoms with Crippen LogP contribution in [0.2, 0.25) is 0 Å². The molecule has 2 amide bonds. The van der Waals surface area contributed by atoms with Gasteiger partial charge in [0.25, 0.3) is 5.91 Å². The molecule has 0 radical (unpaired) electrons. The van der Waals surface area contributed by atoms with Crippen molar-refractivity contribution in [3.63, 3.8) is 0 Å². The molecule has 6 heteroatoms. The van der Waals surface area contributed by atoms with Crippen LogP contribution in [0.1, 0.15) is 42.3 Å². The minimum Gasteiger partial charge on any atom is -0.444 e. The summed E-state index contributed by atoms with van der Waals surface area (Å²) in [4.78, 5) is 24.3. The number of benzene rings is 2. The third-order valence-corrected chi connectivity index (χ3v) is 3.70. The van der Waals surface area contributed by atoms with Crippen LogP contribution in [-0.2, 0) is 17.7 Å². The van der Waals surface area contributed by atoms with Gasteiger partial charge in [0, 0.05) is 18.7 Å². The van der Waals surface area contributed by atoms with E-state index in [0.717, 1.165) is 5.56 Å². The van der Waals surface area contributed by atoms with E-state index in [2.05, 4.69) is 10.6 Å². The first-order valence-corrected chi connectivity index (χ1v) is 8.82. The Labute approximate surface area is 158 Å². The Balaban J connectivity index is 1.90. The number of hydrogen-bond donors (Lipinski definition) is 2. The molecule has 0 aliphatic rings. The van der Waals surface area contributed by atoms with Crippen LogP contribution in [0.15, 0.2) is 48.5 Å². The number of amides is 2. The number of carbonyl (C=O) groups excluding carboxylic acids is 2. The topological polar surface area (TPSA) is 67.4 Å². The smallest absolute Gasteiger partial charge is 0.407 e. The van der Waals surface area contributed by atoms with Gasteiger partial charge in [0.2, 0.25) is 0 Å². The van der Waals surface area contributed by atoms with E-state index in [-0.39, 0.29) is 18.3 Å². The fourth-order valence-electron chi connectivity index (χ4n) is 2.44. The summed E-state index contributed by atoms with van der Waals surface area (Å²) in [6, 6.07) is 13.3. The molecule has 0 aliphatic heterocycles. The van der Waals surface area contributed by atoms with Gasteiger partial charge in [-0.05, 0) is 56.5 Å². The highest BCUT2D eigenvalue weighted by molar-refractivity contribution is 5.95. The molecule has 0 bridgehead atoms. The Kier molecular flexibility index (Phi) is 6.93. The van der Waals surface area contributed by atoms with E-state index >= 15 is 0 Å². The van der Waals surface area contributed by atoms with Crippen LogP contribution < -0.4 is 10.6 Å². The van der Waals surface area contributed by atoms with E-state index in [1.165, 1.54) is 12.1 Å². The van der Waals surface area contributed by atoms with Crippen LogP contribution in [0.4, 0.5) is 9.18 Å². The van der Waals surface area contributed by atoms with Crippen molar-refractivity contribution in [3.8, 4) is 0 Å². The molecule has 144 valence electrons. The van der Waals surface area contributed by atoms with Crippen LogP contribution in [-0.4, -0.2) is 24.1 Å². The summed E-state index contributed by atoms with van der Waals surface area (Å²) in [6.07, 6.45) is 0.0682. The lowest BCUT2D eigenvalue weighted by Gasteiger charge is -2.20. The van der Waals surface area contributed by atoms with Crippen molar-refractivity contribution >= 4 is 12.0 Å². The largest absolute Gasteiger partial charge is 0.444 e. The van der Waals surface area contributed by atoms with Crippen molar-refractivity contribution in [3.05, 3.63) is 71.0 Å². The number of nitrogens with one attached hydrogen (secondary N) is 2. The van der Waals surface area contributed by atoms with Gasteiger partial charge in [-0.2, -0.15) is 0 Å². The molecule has 2 N–H and O–H groups in total. The van der Waals surface area contributed by atoms with Crippen molar-refractivity contribution < 1.29 is 18.7 Å². The molecule has 0 atom stereocenters. The van der Waals surface area contributed by atoms with E-state index in [4.69, 9.17) is 4.74 Å². The predicted molar refractivity (Wildman–Crippen MR) is 102 cm³/mol. The van der Waals surface area contributed by atoms with E-state index in [9.17, 15) is 14.0 Å². The normalized spacial score (nSPS) is 11.0. The average Bonchev–Trinajstić information content (AvgIpc) is 2.60. The summed E-state index contributed by atoms with van der Waals surface area (Å²) >= 11 is 0. The van der Waals surface area contributed by atoms with Crippen molar-refractivity contribution in [2.24, 2.45) is 0 Å². The Morgan fingerprint density at radius 3 is 2.33 bits per heavy atom. The number of ether oxygens (including phenoxy) is 1. The maximum atomic E-state index is 12.9. The molecule has 27 heavy (non-hydrogen) atoms. The zero-order chi connectivity index (χ0) is 19.9. The molecule has 0 aromatic heterocycles. The number of carbonyl (C=O) groups is 2. The highest BCUT2D eigenvalue weighted by atomic mass is 19.1. The van der Waals surface area contributed by atoms with Crippen molar-refractivity contribution in [1.82, 2.24) is 10.6 Å². The summed E-state index contributed by atoms with van der Waals surface area (Å²) in [5.41, 5.74) is 1.55. The minimum absolute atomic E-state index is 0.191. The SMILES string of the molecule is CC(C)(C)OC(=O)NCc1ccccc1C(=O)NCCc1ccc(F)cc1. The summed E-state index contributed by atoms with van der Waals surface area (Å²) in [5, 5.41) is 5.51. The van der Waals surface area contributed by atoms with E-state index in [0.29, 0.717) is 24.1 Å². The second-order valence-electron chi connectivity index (χ2n) is 7.14. The fraction of sp³-hybridized carbons (Fsp3) is 0.333. The predicted octanol–water partition coefficient (Wildman–Crippen LogP) is 3.82. The molecule has 2 aromatic rings. The van der Waals surface area contributed by atoms with Gasteiger partial charge in [-0.3, -0.25) is 4.79 Å². The lowest BCUT2D eigenvalue weighted by atomic mass is 10.1. The third kappa shape index (κ3) is 7.09. The van der Waals surface area contributed by atoms with Gasteiger partial charge in [-0.25, -0.2) is 9.18 Å². The maximum absolute atomic E-state index is 12.9. The first-order valence-electron chi connectivity index (χ1n) is 8.82. The molecule has 0 heterocycles. The molecule has 0 aliphatic carbocycles. The Morgan fingerprint density at radius 1 is 1.00 bits per heavy atom. The Bertz CT molecular complexity index is 783. The van der Waals surface area contributed by atoms with Gasteiger partial charge in [-0.15, -0.1) is 0 Å². The molecule has 5 nitrogen and oxygen atoms in total. The molecule has 0 spiro atoms. The standard InChI is InChI=1S/C21H25FN2O3/c1-21(2,3)27-20(26)24-14-16-6-4-5-7-18(16)19(25)23-13-12-15-8-10-17(22)11-9-15/h4-11H,12-14H2,1-3H3,(H,23,25)(H,24,26). The average molecular weight is 372 g/mol. The van der Waals surface area contributed by atoms with Gasteiger partial charge < -0.3 is 15.4 Å². The zero-order valence-electron chi connectivity index (χ0n) is 15.8. The van der Waals surface area contributed by atoms with E-state index in [1.54, 1.807) is 57.2 Å². The molecule has 0 saturated carbocycles. The van der Waals surface area contributed by atoms with E-state index in [1.807, 2.05) is 0 Å². The third-order valence-electron chi connectivity index (χ3n) is 3.70.